The van der Waals surface area contributed by atoms with E-state index in [2.05, 4.69) is 47.9 Å². The van der Waals surface area contributed by atoms with Crippen LogP contribution in [0.4, 0.5) is 5.95 Å². The maximum Gasteiger partial charge on any atom is 0.225 e. The highest BCUT2D eigenvalue weighted by molar-refractivity contribution is 5.30. The maximum absolute atomic E-state index is 4.45. The van der Waals surface area contributed by atoms with Crippen molar-refractivity contribution in [3.63, 3.8) is 0 Å². The Balaban J connectivity index is 2.70. The highest BCUT2D eigenvalue weighted by Gasteiger charge is 2.11. The molecule has 0 amide bonds. The van der Waals surface area contributed by atoms with E-state index >= 15 is 0 Å². The van der Waals surface area contributed by atoms with E-state index in [0.717, 1.165) is 37.6 Å². The first-order chi connectivity index (χ1) is 8.19. The van der Waals surface area contributed by atoms with Crippen LogP contribution < -0.4 is 10.2 Å². The van der Waals surface area contributed by atoms with E-state index in [0.29, 0.717) is 6.04 Å². The lowest BCUT2D eigenvalue weighted by atomic mass is 10.3. The summed E-state index contributed by atoms with van der Waals surface area (Å²) in [7, 11) is 0. The van der Waals surface area contributed by atoms with Crippen LogP contribution in [0, 0.1) is 0 Å². The van der Waals surface area contributed by atoms with Crippen LogP contribution >= 0.6 is 0 Å². The molecule has 0 spiro atoms. The fourth-order valence-electron chi connectivity index (χ4n) is 1.69. The third kappa shape index (κ3) is 4.30. The minimum Gasteiger partial charge on any atom is -0.338 e. The number of rotatable bonds is 7. The molecule has 0 aromatic carbocycles. The molecule has 0 saturated heterocycles. The fraction of sp³-hybridized carbons (Fsp3) is 0.692. The molecule has 4 heteroatoms. The minimum atomic E-state index is 0.439. The second kappa shape index (κ2) is 7.22. The highest BCUT2D eigenvalue weighted by Crippen LogP contribution is 2.11. The molecule has 0 atom stereocenters. The van der Waals surface area contributed by atoms with Gasteiger partial charge in [0.05, 0.1) is 0 Å². The molecule has 1 N–H and O–H groups in total. The van der Waals surface area contributed by atoms with Gasteiger partial charge in [-0.2, -0.15) is 0 Å². The Kier molecular flexibility index (Phi) is 5.91. The Morgan fingerprint density at radius 2 is 1.88 bits per heavy atom. The summed E-state index contributed by atoms with van der Waals surface area (Å²) in [6, 6.07) is 0.439. The van der Waals surface area contributed by atoms with Gasteiger partial charge in [0.25, 0.3) is 0 Å². The Morgan fingerprint density at radius 3 is 2.35 bits per heavy atom. The van der Waals surface area contributed by atoms with Crippen molar-refractivity contribution in [3.05, 3.63) is 18.0 Å². The zero-order valence-corrected chi connectivity index (χ0v) is 11.4. The molecule has 0 aliphatic heterocycles. The summed E-state index contributed by atoms with van der Waals surface area (Å²) < 4.78 is 0. The first-order valence-electron chi connectivity index (χ1n) is 6.47. The van der Waals surface area contributed by atoms with Gasteiger partial charge in [0.2, 0.25) is 5.95 Å². The van der Waals surface area contributed by atoms with E-state index in [-0.39, 0.29) is 0 Å². The van der Waals surface area contributed by atoms with Gasteiger partial charge in [-0.25, -0.2) is 9.97 Å². The molecule has 0 saturated carbocycles. The molecule has 0 radical (unpaired) electrons. The maximum atomic E-state index is 4.45. The Bertz CT molecular complexity index is 308. The van der Waals surface area contributed by atoms with Crippen LogP contribution in [-0.4, -0.2) is 29.1 Å². The summed E-state index contributed by atoms with van der Waals surface area (Å²) >= 11 is 0. The van der Waals surface area contributed by atoms with Gasteiger partial charge >= 0.3 is 0 Å². The molecule has 1 aromatic heterocycles. The van der Waals surface area contributed by atoms with Gasteiger partial charge in [0.1, 0.15) is 0 Å². The van der Waals surface area contributed by atoms with Gasteiger partial charge in [0.15, 0.2) is 0 Å². The lowest BCUT2D eigenvalue weighted by Crippen LogP contribution is -2.33. The number of aromatic nitrogens is 2. The summed E-state index contributed by atoms with van der Waals surface area (Å²) in [5.41, 5.74) is 1.14. The van der Waals surface area contributed by atoms with Crippen LogP contribution in [0.3, 0.4) is 0 Å². The lowest BCUT2D eigenvalue weighted by Gasteiger charge is -2.26. The number of nitrogens with one attached hydrogen (secondary N) is 1. The fourth-order valence-corrected chi connectivity index (χ4v) is 1.69. The van der Waals surface area contributed by atoms with Crippen LogP contribution in [0.1, 0.15) is 39.7 Å². The van der Waals surface area contributed by atoms with Crippen LogP contribution in [0.25, 0.3) is 0 Å². The van der Waals surface area contributed by atoms with Crippen molar-refractivity contribution in [2.75, 3.05) is 18.0 Å². The molecule has 17 heavy (non-hydrogen) atoms. The molecule has 1 aromatic rings. The largest absolute Gasteiger partial charge is 0.338 e. The average Bonchev–Trinajstić information content (AvgIpc) is 2.34. The van der Waals surface area contributed by atoms with E-state index in [4.69, 9.17) is 0 Å². The number of anilines is 1. The predicted molar refractivity (Wildman–Crippen MR) is 72.2 cm³/mol. The summed E-state index contributed by atoms with van der Waals surface area (Å²) in [6.45, 7) is 11.4. The van der Waals surface area contributed by atoms with Crippen LogP contribution in [-0.2, 0) is 6.54 Å². The van der Waals surface area contributed by atoms with Gasteiger partial charge in [-0.3, -0.25) is 0 Å². The quantitative estimate of drug-likeness (QED) is 0.788. The van der Waals surface area contributed by atoms with Gasteiger partial charge in [-0.1, -0.05) is 13.8 Å². The topological polar surface area (TPSA) is 41.1 Å². The zero-order chi connectivity index (χ0) is 12.7. The van der Waals surface area contributed by atoms with E-state index < -0.39 is 0 Å². The molecule has 0 aliphatic carbocycles. The Labute approximate surface area is 104 Å². The minimum absolute atomic E-state index is 0.439. The van der Waals surface area contributed by atoms with E-state index in [1.54, 1.807) is 0 Å². The Hall–Kier alpha value is -1.16. The smallest absolute Gasteiger partial charge is 0.225 e. The zero-order valence-electron chi connectivity index (χ0n) is 11.4. The summed E-state index contributed by atoms with van der Waals surface area (Å²) in [6.07, 6.45) is 4.94. The first kappa shape index (κ1) is 13.9. The van der Waals surface area contributed by atoms with Crippen molar-refractivity contribution in [3.8, 4) is 0 Å². The normalized spacial score (nSPS) is 10.9. The van der Waals surface area contributed by atoms with Crippen molar-refractivity contribution >= 4 is 5.95 Å². The number of hydrogen-bond donors (Lipinski definition) is 1. The molecule has 1 rings (SSSR count). The second-order valence-electron chi connectivity index (χ2n) is 4.46. The standard InChI is InChI=1S/C13H24N4/c1-5-7-17(11(3)4)13-15-9-12(10-16-13)8-14-6-2/h9-11,14H,5-8H2,1-4H3. The second-order valence-corrected chi connectivity index (χ2v) is 4.46. The molecule has 0 bridgehead atoms. The van der Waals surface area contributed by atoms with Gasteiger partial charge in [-0.15, -0.1) is 0 Å². The van der Waals surface area contributed by atoms with Crippen LogP contribution in [0.5, 0.6) is 0 Å². The highest BCUT2D eigenvalue weighted by atomic mass is 15.3. The van der Waals surface area contributed by atoms with Crippen LogP contribution in [0.15, 0.2) is 12.4 Å². The van der Waals surface area contributed by atoms with Crippen molar-refractivity contribution in [1.82, 2.24) is 15.3 Å². The number of hydrogen-bond acceptors (Lipinski definition) is 4. The first-order valence-corrected chi connectivity index (χ1v) is 6.47. The van der Waals surface area contributed by atoms with Crippen molar-refractivity contribution in [1.29, 1.82) is 0 Å². The molecule has 0 unspecified atom stereocenters. The number of nitrogens with zero attached hydrogens (tertiary/aromatic N) is 3. The molecule has 1 heterocycles. The summed E-state index contributed by atoms with van der Waals surface area (Å²) in [5.74, 6) is 0.835. The van der Waals surface area contributed by atoms with Gasteiger partial charge in [0, 0.05) is 37.1 Å². The van der Waals surface area contributed by atoms with E-state index in [1.807, 2.05) is 12.4 Å². The SMILES string of the molecule is CCCN(c1ncc(CNCC)cn1)C(C)C. The predicted octanol–water partition coefficient (Wildman–Crippen LogP) is 2.21. The lowest BCUT2D eigenvalue weighted by molar-refractivity contribution is 0.648. The van der Waals surface area contributed by atoms with Crippen molar-refractivity contribution in [2.24, 2.45) is 0 Å². The van der Waals surface area contributed by atoms with Crippen molar-refractivity contribution < 1.29 is 0 Å². The van der Waals surface area contributed by atoms with Crippen LogP contribution in [0.2, 0.25) is 0 Å². The summed E-state index contributed by atoms with van der Waals surface area (Å²) in [5, 5.41) is 3.27. The molecule has 0 aliphatic rings. The monoisotopic (exact) mass is 236 g/mol. The summed E-state index contributed by atoms with van der Waals surface area (Å²) in [4.78, 5) is 11.1. The van der Waals surface area contributed by atoms with Gasteiger partial charge in [-0.05, 0) is 26.8 Å². The van der Waals surface area contributed by atoms with Crippen molar-refractivity contribution in [2.45, 2.75) is 46.7 Å². The third-order valence-electron chi connectivity index (χ3n) is 2.62. The molecule has 4 nitrogen and oxygen atoms in total. The van der Waals surface area contributed by atoms with Gasteiger partial charge < -0.3 is 10.2 Å². The average molecular weight is 236 g/mol. The molecular weight excluding hydrogens is 212 g/mol. The molecule has 0 fully saturated rings. The molecular formula is C13H24N4. The Morgan fingerprint density at radius 1 is 1.24 bits per heavy atom. The van der Waals surface area contributed by atoms with E-state index in [9.17, 15) is 0 Å². The van der Waals surface area contributed by atoms with E-state index in [1.165, 1.54) is 0 Å². The third-order valence-corrected chi connectivity index (χ3v) is 2.62. The molecule has 96 valence electrons.